The normalized spacial score (nSPS) is 14.4. The molecule has 2 heterocycles. The second kappa shape index (κ2) is 12.7. The van der Waals surface area contributed by atoms with Gasteiger partial charge in [-0.3, -0.25) is 9.69 Å². The van der Waals surface area contributed by atoms with Crippen LogP contribution < -0.4 is 5.32 Å². The Morgan fingerprint density at radius 1 is 0.881 bits per heavy atom. The van der Waals surface area contributed by atoms with Gasteiger partial charge in [0.2, 0.25) is 10.0 Å². The molecule has 0 unspecified atom stereocenters. The summed E-state index contributed by atoms with van der Waals surface area (Å²) in [6, 6.07) is 30.2. The van der Waals surface area contributed by atoms with E-state index in [1.165, 1.54) is 21.5 Å². The first kappa shape index (κ1) is 29.9. The molecule has 1 saturated heterocycles. The molecule has 1 aliphatic rings. The predicted octanol–water partition coefficient (Wildman–Crippen LogP) is 6.45. The highest BCUT2D eigenvalue weighted by Crippen LogP contribution is 2.31. The molecular formula is C32H31ClN4O3S2. The van der Waals surface area contributed by atoms with Crippen molar-refractivity contribution in [1.29, 1.82) is 0 Å². The monoisotopic (exact) mass is 618 g/mol. The van der Waals surface area contributed by atoms with E-state index in [4.69, 9.17) is 4.98 Å². The summed E-state index contributed by atoms with van der Waals surface area (Å²) in [7, 11) is -3.72. The Kier molecular flexibility index (Phi) is 9.05. The van der Waals surface area contributed by atoms with Crippen LogP contribution in [0, 0.1) is 6.92 Å². The average Bonchev–Trinajstić information content (AvgIpc) is 3.42. The average molecular weight is 619 g/mol. The van der Waals surface area contributed by atoms with Gasteiger partial charge < -0.3 is 5.32 Å². The van der Waals surface area contributed by atoms with Crippen LogP contribution >= 0.6 is 23.7 Å². The lowest BCUT2D eigenvalue weighted by Gasteiger charge is -2.34. The van der Waals surface area contributed by atoms with Crippen molar-refractivity contribution in [1.82, 2.24) is 14.2 Å². The number of halogens is 1. The minimum atomic E-state index is -3.72. The van der Waals surface area contributed by atoms with Gasteiger partial charge in [-0.2, -0.15) is 4.31 Å². The van der Waals surface area contributed by atoms with Gasteiger partial charge in [0.1, 0.15) is 5.01 Å². The lowest BCUT2D eigenvalue weighted by atomic mass is 10.2. The number of carbonyl (C=O) groups excluding carboxylic acids is 1. The first-order chi connectivity index (χ1) is 19.8. The molecular weight excluding hydrogens is 588 g/mol. The van der Waals surface area contributed by atoms with Crippen LogP contribution in [0.5, 0.6) is 0 Å². The van der Waals surface area contributed by atoms with Gasteiger partial charge in [-0.15, -0.1) is 23.7 Å². The molecule has 0 spiro atoms. The second-order valence-electron chi connectivity index (χ2n) is 10.2. The van der Waals surface area contributed by atoms with Gasteiger partial charge in [0, 0.05) is 49.5 Å². The van der Waals surface area contributed by atoms with Gasteiger partial charge in [-0.25, -0.2) is 13.4 Å². The SMILES string of the molecule is Cc1ccc2nc(-c3ccc(NC(=O)c4cccc(S(=O)(=O)N5CCN(Cc6ccccc6)CC5)c4)cc3)sc2c1.Cl. The maximum absolute atomic E-state index is 13.4. The van der Waals surface area contributed by atoms with Crippen molar-refractivity contribution in [3.05, 3.63) is 114 Å². The zero-order valence-corrected chi connectivity index (χ0v) is 25.5. The number of hydrogen-bond donors (Lipinski definition) is 1. The summed E-state index contributed by atoms with van der Waals surface area (Å²) in [5.74, 6) is -0.363. The molecule has 0 bridgehead atoms. The highest BCUT2D eigenvalue weighted by molar-refractivity contribution is 7.89. The maximum Gasteiger partial charge on any atom is 0.255 e. The fraction of sp³-hybridized carbons (Fsp3) is 0.188. The number of piperazine rings is 1. The summed E-state index contributed by atoms with van der Waals surface area (Å²) in [4.78, 5) is 20.2. The quantitative estimate of drug-likeness (QED) is 0.227. The van der Waals surface area contributed by atoms with Gasteiger partial charge in [0.25, 0.3) is 5.91 Å². The van der Waals surface area contributed by atoms with Crippen LogP contribution in [-0.2, 0) is 16.6 Å². The third-order valence-electron chi connectivity index (χ3n) is 7.25. The largest absolute Gasteiger partial charge is 0.322 e. The number of aryl methyl sites for hydroxylation is 1. The van der Waals surface area contributed by atoms with Crippen LogP contribution in [0.1, 0.15) is 21.5 Å². The standard InChI is InChI=1S/C32H30N4O3S2.ClH/c1-23-10-15-29-30(20-23)40-32(34-29)25-11-13-27(14-12-25)33-31(37)26-8-5-9-28(21-26)41(38,39)36-18-16-35(17-19-36)22-24-6-3-2-4-7-24;/h2-15,20-21H,16-19,22H2,1H3,(H,33,37);1H. The number of carbonyl (C=O) groups is 1. The smallest absolute Gasteiger partial charge is 0.255 e. The lowest BCUT2D eigenvalue weighted by molar-refractivity contribution is 0.102. The fourth-order valence-electron chi connectivity index (χ4n) is 4.97. The molecule has 0 aliphatic carbocycles. The number of hydrogen-bond acceptors (Lipinski definition) is 6. The van der Waals surface area contributed by atoms with E-state index in [0.29, 0.717) is 37.4 Å². The van der Waals surface area contributed by atoms with E-state index in [2.05, 4.69) is 41.4 Å². The Balaban J connectivity index is 0.00000353. The summed E-state index contributed by atoms with van der Waals surface area (Å²) in [6.45, 7) is 4.99. The number of amides is 1. The highest BCUT2D eigenvalue weighted by Gasteiger charge is 2.29. The number of benzene rings is 4. The zero-order valence-electron chi connectivity index (χ0n) is 23.1. The number of thiazole rings is 1. The first-order valence-electron chi connectivity index (χ1n) is 13.5. The van der Waals surface area contributed by atoms with E-state index in [0.717, 1.165) is 27.3 Å². The Labute approximate surface area is 256 Å². The minimum absolute atomic E-state index is 0. The molecule has 7 nitrogen and oxygen atoms in total. The molecule has 4 aromatic carbocycles. The Morgan fingerprint density at radius 3 is 2.36 bits per heavy atom. The molecule has 1 N–H and O–H groups in total. The van der Waals surface area contributed by atoms with E-state index < -0.39 is 10.0 Å². The first-order valence-corrected chi connectivity index (χ1v) is 15.8. The van der Waals surface area contributed by atoms with Crippen LogP contribution in [0.15, 0.2) is 102 Å². The second-order valence-corrected chi connectivity index (χ2v) is 13.2. The molecule has 0 atom stereocenters. The summed E-state index contributed by atoms with van der Waals surface area (Å²) in [5.41, 5.74) is 5.27. The topological polar surface area (TPSA) is 82.6 Å². The van der Waals surface area contributed by atoms with Crippen molar-refractivity contribution in [2.24, 2.45) is 0 Å². The number of nitrogens with one attached hydrogen (secondary N) is 1. The van der Waals surface area contributed by atoms with Crippen molar-refractivity contribution in [3.8, 4) is 10.6 Å². The Bertz CT molecular complexity index is 1800. The van der Waals surface area contributed by atoms with E-state index >= 15 is 0 Å². The molecule has 1 aliphatic heterocycles. The van der Waals surface area contributed by atoms with Crippen LogP contribution in [0.3, 0.4) is 0 Å². The van der Waals surface area contributed by atoms with Crippen molar-refractivity contribution < 1.29 is 13.2 Å². The molecule has 1 amide bonds. The van der Waals surface area contributed by atoms with Gasteiger partial charge in [-0.1, -0.05) is 42.5 Å². The predicted molar refractivity (Wildman–Crippen MR) is 172 cm³/mol. The molecule has 42 heavy (non-hydrogen) atoms. The minimum Gasteiger partial charge on any atom is -0.322 e. The molecule has 10 heteroatoms. The van der Waals surface area contributed by atoms with Gasteiger partial charge in [-0.05, 0) is 72.6 Å². The van der Waals surface area contributed by atoms with Crippen LogP contribution in [0.4, 0.5) is 5.69 Å². The Morgan fingerprint density at radius 2 is 1.62 bits per heavy atom. The van der Waals surface area contributed by atoms with E-state index in [1.54, 1.807) is 29.5 Å². The summed E-state index contributed by atoms with van der Waals surface area (Å²) in [5, 5.41) is 3.81. The number of sulfonamides is 1. The summed E-state index contributed by atoms with van der Waals surface area (Å²) < 4.78 is 29.5. The van der Waals surface area contributed by atoms with Crippen LogP contribution in [0.25, 0.3) is 20.8 Å². The van der Waals surface area contributed by atoms with Gasteiger partial charge >= 0.3 is 0 Å². The molecule has 5 aromatic rings. The number of aromatic nitrogens is 1. The van der Waals surface area contributed by atoms with Crippen LogP contribution in [0.2, 0.25) is 0 Å². The number of rotatable bonds is 7. The molecule has 1 fully saturated rings. The summed E-state index contributed by atoms with van der Waals surface area (Å²) >= 11 is 1.63. The molecule has 216 valence electrons. The maximum atomic E-state index is 13.4. The van der Waals surface area contributed by atoms with Gasteiger partial charge in [0.05, 0.1) is 15.1 Å². The fourth-order valence-corrected chi connectivity index (χ4v) is 7.51. The number of fused-ring (bicyclic) bond motifs is 1. The van der Waals surface area contributed by atoms with E-state index in [9.17, 15) is 13.2 Å². The Hall–Kier alpha value is -3.60. The van der Waals surface area contributed by atoms with Crippen molar-refractivity contribution >= 4 is 55.6 Å². The number of anilines is 1. The molecule has 0 radical (unpaired) electrons. The third-order valence-corrected chi connectivity index (χ3v) is 10.2. The third kappa shape index (κ3) is 6.56. The van der Waals surface area contributed by atoms with Crippen LogP contribution in [-0.4, -0.2) is 54.7 Å². The molecule has 6 rings (SSSR count). The zero-order chi connectivity index (χ0) is 28.4. The molecule has 0 saturated carbocycles. The molecule has 1 aromatic heterocycles. The summed E-state index contributed by atoms with van der Waals surface area (Å²) in [6.07, 6.45) is 0. The van der Waals surface area contributed by atoms with Crippen molar-refractivity contribution in [2.45, 2.75) is 18.4 Å². The lowest BCUT2D eigenvalue weighted by Crippen LogP contribution is -2.48. The number of nitrogens with zero attached hydrogens (tertiary/aromatic N) is 3. The van der Waals surface area contributed by atoms with Crippen molar-refractivity contribution in [2.75, 3.05) is 31.5 Å². The van der Waals surface area contributed by atoms with E-state index in [-0.39, 0.29) is 23.2 Å². The van der Waals surface area contributed by atoms with E-state index in [1.807, 2.05) is 48.5 Å². The van der Waals surface area contributed by atoms with Crippen molar-refractivity contribution in [3.63, 3.8) is 0 Å². The highest BCUT2D eigenvalue weighted by atomic mass is 35.5. The van der Waals surface area contributed by atoms with Gasteiger partial charge in [0.15, 0.2) is 0 Å².